The molecule has 1 saturated heterocycles. The van der Waals surface area contributed by atoms with E-state index in [0.29, 0.717) is 17.8 Å². The Labute approximate surface area is 140 Å². The van der Waals surface area contributed by atoms with E-state index in [9.17, 15) is 19.5 Å². The van der Waals surface area contributed by atoms with Crippen LogP contribution >= 0.6 is 0 Å². The molecule has 24 heavy (non-hydrogen) atoms. The van der Waals surface area contributed by atoms with Crippen molar-refractivity contribution in [3.63, 3.8) is 0 Å². The lowest BCUT2D eigenvalue weighted by molar-refractivity contribution is -0.163. The molecule has 0 saturated carbocycles. The van der Waals surface area contributed by atoms with E-state index >= 15 is 0 Å². The number of Topliss-reactive ketones (excluding diaryl/α,β-unsaturated/α-hetero) is 1. The van der Waals surface area contributed by atoms with Crippen molar-refractivity contribution in [1.82, 2.24) is 0 Å². The molecule has 0 radical (unpaired) electrons. The highest BCUT2D eigenvalue weighted by molar-refractivity contribution is 6.08. The zero-order valence-electron chi connectivity index (χ0n) is 14.2. The predicted molar refractivity (Wildman–Crippen MR) is 83.4 cm³/mol. The summed E-state index contributed by atoms with van der Waals surface area (Å²) < 4.78 is 10.8. The van der Waals surface area contributed by atoms with Gasteiger partial charge in [-0.2, -0.15) is 0 Å². The molecule has 6 heteroatoms. The molecule has 1 N–H and O–H groups in total. The van der Waals surface area contributed by atoms with Crippen LogP contribution in [-0.4, -0.2) is 34.5 Å². The van der Waals surface area contributed by atoms with Gasteiger partial charge in [-0.25, -0.2) is 0 Å². The summed E-state index contributed by atoms with van der Waals surface area (Å²) in [7, 11) is 0. The number of rotatable bonds is 3. The first kappa shape index (κ1) is 16.9. The number of aliphatic hydroxyl groups excluding tert-OH is 1. The molecule has 0 amide bonds. The number of fused-ring (bicyclic) bond motifs is 3. The molecule has 3 aliphatic rings. The first-order chi connectivity index (χ1) is 11.2. The second-order valence-corrected chi connectivity index (χ2v) is 7.04. The lowest BCUT2D eigenvalue weighted by Crippen LogP contribution is -2.53. The van der Waals surface area contributed by atoms with E-state index in [0.717, 1.165) is 0 Å². The zero-order valence-corrected chi connectivity index (χ0v) is 14.2. The third-order valence-electron chi connectivity index (χ3n) is 5.51. The van der Waals surface area contributed by atoms with Gasteiger partial charge in [-0.15, -0.1) is 0 Å². The van der Waals surface area contributed by atoms with Crippen molar-refractivity contribution in [2.75, 3.05) is 0 Å². The van der Waals surface area contributed by atoms with Crippen LogP contribution in [0.25, 0.3) is 0 Å². The van der Waals surface area contributed by atoms with Gasteiger partial charge in [-0.1, -0.05) is 13.8 Å². The van der Waals surface area contributed by atoms with Gasteiger partial charge in [0.15, 0.2) is 11.4 Å². The average molecular weight is 334 g/mol. The Hall–Kier alpha value is -1.95. The van der Waals surface area contributed by atoms with Crippen LogP contribution in [-0.2, 0) is 23.9 Å². The van der Waals surface area contributed by atoms with Crippen molar-refractivity contribution in [2.24, 2.45) is 23.7 Å². The summed E-state index contributed by atoms with van der Waals surface area (Å²) >= 11 is 0. The van der Waals surface area contributed by atoms with E-state index < -0.39 is 35.6 Å². The van der Waals surface area contributed by atoms with Gasteiger partial charge in [0.25, 0.3) is 0 Å². The van der Waals surface area contributed by atoms with E-state index in [1.165, 1.54) is 13.0 Å². The molecular formula is C18H22O6. The van der Waals surface area contributed by atoms with Crippen molar-refractivity contribution >= 4 is 17.5 Å². The number of esters is 1. The molecule has 0 bridgehead atoms. The summed E-state index contributed by atoms with van der Waals surface area (Å²) in [4.78, 5) is 37.8. The maximum Gasteiger partial charge on any atom is 0.317 e. The normalized spacial score (nSPS) is 39.0. The van der Waals surface area contributed by atoms with Crippen molar-refractivity contribution in [2.45, 2.75) is 46.0 Å². The van der Waals surface area contributed by atoms with E-state index in [4.69, 9.17) is 9.47 Å². The van der Waals surface area contributed by atoms with Gasteiger partial charge in [0, 0.05) is 11.8 Å². The molecular weight excluding hydrogens is 312 g/mol. The molecule has 0 spiro atoms. The second-order valence-electron chi connectivity index (χ2n) is 7.04. The maximum absolute atomic E-state index is 12.8. The molecule has 3 rings (SSSR count). The SMILES string of the molecule is CC[C@H](C)C(=O)[C@H]1C(=O)O[C@@]2(C)C(=O)C=C3C=C(C)O[C@H](O)[C@H]3[C@H]12. The zero-order chi connectivity index (χ0) is 17.8. The average Bonchev–Trinajstić information content (AvgIpc) is 2.77. The van der Waals surface area contributed by atoms with Crippen LogP contribution in [0, 0.1) is 23.7 Å². The van der Waals surface area contributed by atoms with Crippen molar-refractivity contribution in [3.05, 3.63) is 23.5 Å². The standard InChI is InChI=1S/C18H22O6/c1-5-8(2)15(20)13-14-12-10(6-9(3)23-16(12)21)7-11(19)18(14,4)24-17(13)22/h6-8,12-14,16,21H,5H2,1-4H3/t8-,12+,13-,14+,16-,18-/m0/s1. The minimum atomic E-state index is -1.44. The van der Waals surface area contributed by atoms with Crippen LogP contribution in [0.3, 0.4) is 0 Å². The summed E-state index contributed by atoms with van der Waals surface area (Å²) in [6.07, 6.45) is 2.42. The van der Waals surface area contributed by atoms with Gasteiger partial charge in [0.1, 0.15) is 11.7 Å². The highest BCUT2D eigenvalue weighted by Crippen LogP contribution is 2.52. The molecule has 130 valence electrons. The third kappa shape index (κ3) is 2.24. The number of carbonyl (C=O) groups is 3. The Bertz CT molecular complexity index is 675. The Morgan fingerprint density at radius 2 is 2.04 bits per heavy atom. The van der Waals surface area contributed by atoms with Crippen LogP contribution < -0.4 is 0 Å². The number of aliphatic hydroxyl groups is 1. The Morgan fingerprint density at radius 3 is 2.67 bits per heavy atom. The topological polar surface area (TPSA) is 89.9 Å². The van der Waals surface area contributed by atoms with Gasteiger partial charge in [-0.3, -0.25) is 14.4 Å². The number of hydrogen-bond donors (Lipinski definition) is 1. The fourth-order valence-electron chi connectivity index (χ4n) is 3.98. The molecule has 1 aliphatic carbocycles. The van der Waals surface area contributed by atoms with Crippen LogP contribution in [0.4, 0.5) is 0 Å². The molecule has 1 fully saturated rings. The molecule has 6 atom stereocenters. The quantitative estimate of drug-likeness (QED) is 0.622. The van der Waals surface area contributed by atoms with Gasteiger partial charge >= 0.3 is 5.97 Å². The maximum atomic E-state index is 12.8. The highest BCUT2D eigenvalue weighted by atomic mass is 16.6. The molecule has 6 nitrogen and oxygen atoms in total. The summed E-state index contributed by atoms with van der Waals surface area (Å²) in [5.41, 5.74) is -0.860. The van der Waals surface area contributed by atoms with Crippen molar-refractivity contribution < 1.29 is 29.0 Å². The number of allylic oxidation sites excluding steroid dienone is 2. The van der Waals surface area contributed by atoms with E-state index in [1.54, 1.807) is 19.9 Å². The van der Waals surface area contributed by atoms with Gasteiger partial charge in [-0.05, 0) is 38.0 Å². The molecule has 2 heterocycles. The lowest BCUT2D eigenvalue weighted by atomic mass is 9.63. The summed E-state index contributed by atoms with van der Waals surface area (Å²) in [6.45, 7) is 6.82. The van der Waals surface area contributed by atoms with Crippen molar-refractivity contribution in [3.8, 4) is 0 Å². The van der Waals surface area contributed by atoms with Gasteiger partial charge in [0.2, 0.25) is 6.29 Å². The van der Waals surface area contributed by atoms with E-state index in [2.05, 4.69) is 0 Å². The number of ketones is 2. The monoisotopic (exact) mass is 334 g/mol. The number of ether oxygens (including phenoxy) is 2. The lowest BCUT2D eigenvalue weighted by Gasteiger charge is -2.42. The van der Waals surface area contributed by atoms with Crippen molar-refractivity contribution in [1.29, 1.82) is 0 Å². The fourth-order valence-corrected chi connectivity index (χ4v) is 3.98. The third-order valence-corrected chi connectivity index (χ3v) is 5.51. The Balaban J connectivity index is 2.11. The molecule has 2 aliphatic heterocycles. The summed E-state index contributed by atoms with van der Waals surface area (Å²) in [6, 6.07) is 0. The fraction of sp³-hybridized carbons (Fsp3) is 0.611. The highest BCUT2D eigenvalue weighted by Gasteiger charge is 2.65. The Kier molecular flexibility index (Phi) is 3.91. The van der Waals surface area contributed by atoms with E-state index in [1.807, 2.05) is 6.92 Å². The molecule has 0 aromatic rings. The Morgan fingerprint density at radius 1 is 1.38 bits per heavy atom. The smallest absolute Gasteiger partial charge is 0.317 e. The number of hydrogen-bond acceptors (Lipinski definition) is 6. The minimum absolute atomic E-state index is 0.247. The predicted octanol–water partition coefficient (Wildman–Crippen LogP) is 1.53. The van der Waals surface area contributed by atoms with E-state index in [-0.39, 0.29) is 17.5 Å². The van der Waals surface area contributed by atoms with Crippen LogP contribution in [0.2, 0.25) is 0 Å². The number of carbonyl (C=O) groups excluding carboxylic acids is 3. The largest absolute Gasteiger partial charge is 0.469 e. The first-order valence-corrected chi connectivity index (χ1v) is 8.26. The van der Waals surface area contributed by atoms with Crippen LogP contribution in [0.1, 0.15) is 34.1 Å². The van der Waals surface area contributed by atoms with Gasteiger partial charge < -0.3 is 14.6 Å². The van der Waals surface area contributed by atoms with Crippen LogP contribution in [0.5, 0.6) is 0 Å². The molecule has 0 aromatic carbocycles. The molecule has 0 aromatic heterocycles. The molecule has 0 unspecified atom stereocenters. The minimum Gasteiger partial charge on any atom is -0.469 e. The summed E-state index contributed by atoms with van der Waals surface area (Å²) in [5.74, 6) is -3.61. The van der Waals surface area contributed by atoms with Gasteiger partial charge in [0.05, 0.1) is 11.7 Å². The first-order valence-electron chi connectivity index (χ1n) is 8.26. The summed E-state index contributed by atoms with van der Waals surface area (Å²) in [5, 5.41) is 10.4. The van der Waals surface area contributed by atoms with Crippen LogP contribution in [0.15, 0.2) is 23.5 Å². The second kappa shape index (κ2) is 5.55.